The summed E-state index contributed by atoms with van der Waals surface area (Å²) in [6.45, 7) is 4.34. The van der Waals surface area contributed by atoms with Crippen LogP contribution in [0.5, 0.6) is 5.88 Å². The summed E-state index contributed by atoms with van der Waals surface area (Å²) in [6.07, 6.45) is 4.99. The van der Waals surface area contributed by atoms with E-state index >= 15 is 0 Å². The van der Waals surface area contributed by atoms with Crippen LogP contribution in [0.25, 0.3) is 0 Å². The lowest BCUT2D eigenvalue weighted by Gasteiger charge is -2.39. The summed E-state index contributed by atoms with van der Waals surface area (Å²) in [5.41, 5.74) is 1.73. The van der Waals surface area contributed by atoms with Crippen LogP contribution >= 0.6 is 23.2 Å². The van der Waals surface area contributed by atoms with Gasteiger partial charge in [0.15, 0.2) is 0 Å². The summed E-state index contributed by atoms with van der Waals surface area (Å²) < 4.78 is 19.9. The van der Waals surface area contributed by atoms with Crippen molar-refractivity contribution in [1.29, 1.82) is 5.26 Å². The Labute approximate surface area is 231 Å². The average molecular weight is 556 g/mol. The Morgan fingerprint density at radius 1 is 1.18 bits per heavy atom. The van der Waals surface area contributed by atoms with Crippen LogP contribution in [0.2, 0.25) is 10.0 Å². The number of amides is 1. The molecule has 4 rings (SSSR count). The van der Waals surface area contributed by atoms with Crippen molar-refractivity contribution in [2.75, 3.05) is 19.6 Å². The third-order valence-electron chi connectivity index (χ3n) is 6.86. The van der Waals surface area contributed by atoms with Gasteiger partial charge in [-0.25, -0.2) is 0 Å². The van der Waals surface area contributed by atoms with Gasteiger partial charge in [0.2, 0.25) is 11.8 Å². The van der Waals surface area contributed by atoms with Gasteiger partial charge in [0, 0.05) is 37.0 Å². The SMILES string of the molecule is CC(CCNC(=O)c1c(Cl)cncc1Cl)N1CCC(C(Oc2cccc(F)n2)c2ccc(C#N)cc2)CC1. The quantitative estimate of drug-likeness (QED) is 0.334. The normalized spacial score (nSPS) is 15.9. The van der Waals surface area contributed by atoms with Gasteiger partial charge in [-0.05, 0) is 63.0 Å². The van der Waals surface area contributed by atoms with Crippen LogP contribution in [0.1, 0.15) is 53.8 Å². The Hall–Kier alpha value is -3.25. The molecule has 1 N–H and O–H groups in total. The monoisotopic (exact) mass is 555 g/mol. The predicted octanol–water partition coefficient (Wildman–Crippen LogP) is 5.83. The number of hydrogen-bond donors (Lipinski definition) is 1. The Balaban J connectivity index is 1.34. The van der Waals surface area contributed by atoms with Gasteiger partial charge in [-0.3, -0.25) is 9.78 Å². The van der Waals surface area contributed by atoms with E-state index < -0.39 is 5.95 Å². The van der Waals surface area contributed by atoms with Crippen LogP contribution in [-0.4, -0.2) is 46.5 Å². The Bertz CT molecular complexity index is 1270. The van der Waals surface area contributed by atoms with Crippen molar-refractivity contribution >= 4 is 29.1 Å². The first-order valence-corrected chi connectivity index (χ1v) is 13.2. The van der Waals surface area contributed by atoms with E-state index in [1.807, 2.05) is 12.1 Å². The number of piperidine rings is 1. The number of nitriles is 1. The lowest BCUT2D eigenvalue weighted by Crippen LogP contribution is -2.43. The van der Waals surface area contributed by atoms with Crippen molar-refractivity contribution in [3.63, 3.8) is 0 Å². The minimum absolute atomic E-state index is 0.187. The molecule has 10 heteroatoms. The number of carbonyl (C=O) groups is 1. The molecule has 1 aromatic carbocycles. The number of ether oxygens (including phenoxy) is 1. The minimum atomic E-state index is -0.592. The van der Waals surface area contributed by atoms with Crippen molar-refractivity contribution in [3.8, 4) is 11.9 Å². The maximum absolute atomic E-state index is 13.7. The number of likely N-dealkylation sites (tertiary alicyclic amines) is 1. The van der Waals surface area contributed by atoms with Gasteiger partial charge in [-0.15, -0.1) is 0 Å². The molecule has 7 nitrogen and oxygen atoms in total. The summed E-state index contributed by atoms with van der Waals surface area (Å²) in [6, 6.07) is 14.2. The molecule has 1 saturated heterocycles. The zero-order valence-electron chi connectivity index (χ0n) is 20.9. The fourth-order valence-corrected chi connectivity index (χ4v) is 5.26. The highest BCUT2D eigenvalue weighted by Crippen LogP contribution is 2.35. The third-order valence-corrected chi connectivity index (χ3v) is 7.43. The van der Waals surface area contributed by atoms with Crippen LogP contribution in [0, 0.1) is 23.2 Å². The summed E-state index contributed by atoms with van der Waals surface area (Å²) in [5.74, 6) is -0.487. The second-order valence-corrected chi connectivity index (χ2v) is 10.1. The number of pyridine rings is 2. The maximum atomic E-state index is 13.7. The lowest BCUT2D eigenvalue weighted by atomic mass is 9.86. The Morgan fingerprint density at radius 3 is 2.50 bits per heavy atom. The van der Waals surface area contributed by atoms with Gasteiger partial charge < -0.3 is 15.0 Å². The fourth-order valence-electron chi connectivity index (χ4n) is 4.73. The number of carbonyl (C=O) groups excluding carboxylic acids is 1. The van der Waals surface area contributed by atoms with Gasteiger partial charge in [0.25, 0.3) is 5.91 Å². The van der Waals surface area contributed by atoms with E-state index in [0.717, 1.165) is 37.9 Å². The van der Waals surface area contributed by atoms with E-state index in [0.29, 0.717) is 12.1 Å². The topological polar surface area (TPSA) is 91.1 Å². The van der Waals surface area contributed by atoms with Crippen molar-refractivity contribution in [1.82, 2.24) is 20.2 Å². The minimum Gasteiger partial charge on any atom is -0.469 e. The first kappa shape index (κ1) is 27.8. The van der Waals surface area contributed by atoms with Gasteiger partial charge in [0.05, 0.1) is 27.2 Å². The molecule has 1 fully saturated rings. The molecule has 1 amide bonds. The Kier molecular flexibility index (Phi) is 9.51. The highest BCUT2D eigenvalue weighted by Gasteiger charge is 2.31. The number of nitrogens with one attached hydrogen (secondary N) is 1. The van der Waals surface area contributed by atoms with E-state index in [9.17, 15) is 9.18 Å². The number of rotatable bonds is 9. The van der Waals surface area contributed by atoms with Gasteiger partial charge in [0.1, 0.15) is 6.10 Å². The second-order valence-electron chi connectivity index (χ2n) is 9.32. The number of benzene rings is 1. The van der Waals surface area contributed by atoms with Crippen LogP contribution in [0.3, 0.4) is 0 Å². The molecule has 198 valence electrons. The maximum Gasteiger partial charge on any atom is 0.254 e. The van der Waals surface area contributed by atoms with E-state index in [1.165, 1.54) is 18.5 Å². The van der Waals surface area contributed by atoms with Crippen molar-refractivity contribution in [3.05, 3.63) is 87.5 Å². The van der Waals surface area contributed by atoms with E-state index in [1.54, 1.807) is 24.3 Å². The van der Waals surface area contributed by atoms with E-state index in [-0.39, 0.29) is 45.5 Å². The highest BCUT2D eigenvalue weighted by molar-refractivity contribution is 6.39. The molecular formula is C28H28Cl2FN5O2. The molecule has 2 atom stereocenters. The van der Waals surface area contributed by atoms with Gasteiger partial charge in [-0.2, -0.15) is 14.6 Å². The fraction of sp³-hybridized carbons (Fsp3) is 0.357. The molecule has 0 saturated carbocycles. The van der Waals surface area contributed by atoms with E-state index in [4.69, 9.17) is 33.2 Å². The summed E-state index contributed by atoms with van der Waals surface area (Å²) in [7, 11) is 0. The van der Waals surface area contributed by atoms with Crippen LogP contribution in [-0.2, 0) is 0 Å². The molecule has 38 heavy (non-hydrogen) atoms. The molecule has 1 aliphatic heterocycles. The van der Waals surface area contributed by atoms with Crippen LogP contribution in [0.4, 0.5) is 4.39 Å². The first-order chi connectivity index (χ1) is 18.4. The lowest BCUT2D eigenvalue weighted by molar-refractivity contribution is 0.0575. The first-order valence-electron chi connectivity index (χ1n) is 12.5. The molecular weight excluding hydrogens is 528 g/mol. The summed E-state index contributed by atoms with van der Waals surface area (Å²) in [5, 5.41) is 12.5. The Morgan fingerprint density at radius 2 is 1.87 bits per heavy atom. The highest BCUT2D eigenvalue weighted by atomic mass is 35.5. The summed E-state index contributed by atoms with van der Waals surface area (Å²) >= 11 is 12.2. The molecule has 1 aliphatic rings. The molecule has 3 aromatic rings. The second kappa shape index (κ2) is 13.0. The molecule has 3 heterocycles. The largest absolute Gasteiger partial charge is 0.469 e. The average Bonchev–Trinajstić information content (AvgIpc) is 2.92. The van der Waals surface area contributed by atoms with Crippen LogP contribution in [0.15, 0.2) is 54.9 Å². The molecule has 0 radical (unpaired) electrons. The molecule has 2 aromatic heterocycles. The van der Waals surface area contributed by atoms with Crippen LogP contribution < -0.4 is 10.1 Å². The smallest absolute Gasteiger partial charge is 0.254 e. The number of hydrogen-bond acceptors (Lipinski definition) is 6. The van der Waals surface area contributed by atoms with Gasteiger partial charge >= 0.3 is 0 Å². The number of nitrogens with zero attached hydrogens (tertiary/aromatic N) is 4. The van der Waals surface area contributed by atoms with Crippen molar-refractivity contribution in [2.45, 2.75) is 38.3 Å². The summed E-state index contributed by atoms with van der Waals surface area (Å²) in [4.78, 5) is 22.7. The molecule has 0 bridgehead atoms. The number of aromatic nitrogens is 2. The van der Waals surface area contributed by atoms with Gasteiger partial charge in [-0.1, -0.05) is 41.4 Å². The molecule has 0 aliphatic carbocycles. The van der Waals surface area contributed by atoms with E-state index in [2.05, 4.69) is 33.2 Å². The zero-order valence-corrected chi connectivity index (χ0v) is 22.4. The number of halogens is 3. The molecule has 2 unspecified atom stereocenters. The predicted molar refractivity (Wildman–Crippen MR) is 144 cm³/mol. The molecule has 0 spiro atoms. The van der Waals surface area contributed by atoms with Crippen molar-refractivity contribution < 1.29 is 13.9 Å². The zero-order chi connectivity index (χ0) is 27.1. The van der Waals surface area contributed by atoms with Crippen molar-refractivity contribution in [2.24, 2.45) is 5.92 Å². The third kappa shape index (κ3) is 6.98. The standard InChI is InChI=1S/C28H28Cl2FN5O2/c1-18(9-12-34-28(37)26-22(29)16-33-17-23(26)30)36-13-10-21(11-14-36)27(20-7-5-19(15-32)6-8-20)38-25-4-2-3-24(31)35-25/h2-8,16-18,21,27H,9-14H2,1H3,(H,34,37).